The molecule has 0 unspecified atom stereocenters. The molecule has 0 aliphatic rings. The number of benzene rings is 1. The summed E-state index contributed by atoms with van der Waals surface area (Å²) in [7, 11) is 1.69. The molecule has 0 saturated heterocycles. The molecule has 0 spiro atoms. The summed E-state index contributed by atoms with van der Waals surface area (Å²) >= 11 is 0. The fourth-order valence-electron chi connectivity index (χ4n) is 1.57. The van der Waals surface area contributed by atoms with Crippen LogP contribution in [-0.2, 0) is 4.79 Å². The maximum atomic E-state index is 10.6. The minimum Gasteiger partial charge on any atom is -0.480 e. The summed E-state index contributed by atoms with van der Waals surface area (Å²) < 4.78 is 0. The van der Waals surface area contributed by atoms with Crippen LogP contribution in [0.1, 0.15) is 0 Å². The number of carboxylic acid groups (broad SMARTS) is 1. The molecule has 0 atom stereocenters. The first-order valence-corrected chi connectivity index (χ1v) is 4.82. The van der Waals surface area contributed by atoms with Gasteiger partial charge in [-0.05, 0) is 0 Å². The fraction of sp³-hybridized carbons (Fsp3) is 0.182. The van der Waals surface area contributed by atoms with E-state index in [9.17, 15) is 4.79 Å². The highest BCUT2D eigenvalue weighted by atomic mass is 16.4. The number of carbonyl (C=O) groups is 1. The number of likely N-dealkylation sites (N-methyl/N-ethyl adjacent to an activating group) is 1. The highest BCUT2D eigenvalue weighted by molar-refractivity contribution is 5.92. The number of nitrogens with zero attached hydrogens (tertiary/aromatic N) is 3. The maximum Gasteiger partial charge on any atom is 0.323 e. The Balaban J connectivity index is 2.47. The Hall–Kier alpha value is -2.17. The largest absolute Gasteiger partial charge is 0.480 e. The summed E-state index contributed by atoms with van der Waals surface area (Å²) in [5.74, 6) is -0.308. The standard InChI is InChI=1S/C11H11N3O2/c1-14(7-10(15)16)11-9-5-3-2-4-8(9)6-12-13-11/h2-6H,7H2,1H3,(H,15,16). The summed E-state index contributed by atoms with van der Waals surface area (Å²) in [6, 6.07) is 7.62. The van der Waals surface area contributed by atoms with Crippen molar-refractivity contribution in [3.05, 3.63) is 30.5 Å². The fourth-order valence-corrected chi connectivity index (χ4v) is 1.57. The van der Waals surface area contributed by atoms with Crippen LogP contribution in [0.5, 0.6) is 0 Å². The van der Waals surface area contributed by atoms with Gasteiger partial charge in [-0.1, -0.05) is 24.3 Å². The third-order valence-corrected chi connectivity index (χ3v) is 2.28. The molecule has 1 aromatic carbocycles. The summed E-state index contributed by atoms with van der Waals surface area (Å²) in [5.41, 5.74) is 0. The van der Waals surface area contributed by atoms with Crippen LogP contribution in [0.25, 0.3) is 10.8 Å². The van der Waals surface area contributed by atoms with E-state index in [2.05, 4.69) is 10.2 Å². The van der Waals surface area contributed by atoms with Gasteiger partial charge in [-0.2, -0.15) is 5.10 Å². The first-order valence-electron chi connectivity index (χ1n) is 4.82. The molecule has 0 fully saturated rings. The normalized spacial score (nSPS) is 10.3. The van der Waals surface area contributed by atoms with Gasteiger partial charge < -0.3 is 10.0 Å². The molecule has 5 nitrogen and oxygen atoms in total. The van der Waals surface area contributed by atoms with Gasteiger partial charge in [-0.15, -0.1) is 5.10 Å². The zero-order valence-electron chi connectivity index (χ0n) is 8.79. The molecule has 0 saturated carbocycles. The van der Waals surface area contributed by atoms with E-state index in [4.69, 9.17) is 5.11 Å². The summed E-state index contributed by atoms with van der Waals surface area (Å²) in [6.07, 6.45) is 1.66. The lowest BCUT2D eigenvalue weighted by Crippen LogP contribution is -2.26. The third-order valence-electron chi connectivity index (χ3n) is 2.28. The van der Waals surface area contributed by atoms with Crippen LogP contribution in [0.4, 0.5) is 5.82 Å². The van der Waals surface area contributed by atoms with Gasteiger partial charge in [0.05, 0.1) is 6.20 Å². The van der Waals surface area contributed by atoms with Gasteiger partial charge in [0.25, 0.3) is 0 Å². The van der Waals surface area contributed by atoms with E-state index < -0.39 is 5.97 Å². The molecule has 2 aromatic rings. The number of rotatable bonds is 3. The molecule has 82 valence electrons. The zero-order valence-corrected chi connectivity index (χ0v) is 8.79. The molecular weight excluding hydrogens is 206 g/mol. The molecule has 2 rings (SSSR count). The molecule has 5 heteroatoms. The van der Waals surface area contributed by atoms with E-state index in [1.54, 1.807) is 18.1 Å². The maximum absolute atomic E-state index is 10.6. The van der Waals surface area contributed by atoms with Crippen LogP contribution < -0.4 is 4.90 Å². The van der Waals surface area contributed by atoms with Gasteiger partial charge in [0.1, 0.15) is 6.54 Å². The van der Waals surface area contributed by atoms with Crippen molar-refractivity contribution in [3.63, 3.8) is 0 Å². The van der Waals surface area contributed by atoms with Crippen LogP contribution in [0.2, 0.25) is 0 Å². The molecule has 16 heavy (non-hydrogen) atoms. The lowest BCUT2D eigenvalue weighted by molar-refractivity contribution is -0.135. The molecule has 1 aromatic heterocycles. The van der Waals surface area contributed by atoms with E-state index in [-0.39, 0.29) is 6.54 Å². The Labute approximate surface area is 92.3 Å². The SMILES string of the molecule is CN(CC(=O)O)c1nncc2ccccc12. The van der Waals surface area contributed by atoms with Gasteiger partial charge in [-0.3, -0.25) is 4.79 Å². The highest BCUT2D eigenvalue weighted by Crippen LogP contribution is 2.21. The van der Waals surface area contributed by atoms with Crippen LogP contribution in [0.15, 0.2) is 30.5 Å². The molecule has 0 aliphatic carbocycles. The lowest BCUT2D eigenvalue weighted by Gasteiger charge is -2.16. The van der Waals surface area contributed by atoms with Gasteiger partial charge in [0.2, 0.25) is 0 Å². The number of carboxylic acids is 1. The number of hydrogen-bond acceptors (Lipinski definition) is 4. The average molecular weight is 217 g/mol. The molecule has 1 heterocycles. The number of hydrogen-bond donors (Lipinski definition) is 1. The van der Waals surface area contributed by atoms with E-state index in [0.29, 0.717) is 5.82 Å². The van der Waals surface area contributed by atoms with Crippen molar-refractivity contribution in [2.45, 2.75) is 0 Å². The van der Waals surface area contributed by atoms with E-state index >= 15 is 0 Å². The number of aliphatic carboxylic acids is 1. The van der Waals surface area contributed by atoms with Gasteiger partial charge >= 0.3 is 5.97 Å². The topological polar surface area (TPSA) is 66.3 Å². The Morgan fingerprint density at radius 1 is 1.44 bits per heavy atom. The van der Waals surface area contributed by atoms with Crippen molar-refractivity contribution < 1.29 is 9.90 Å². The number of anilines is 1. The van der Waals surface area contributed by atoms with Crippen molar-refractivity contribution in [2.75, 3.05) is 18.5 Å². The quantitative estimate of drug-likeness (QED) is 0.835. The lowest BCUT2D eigenvalue weighted by atomic mass is 10.2. The molecule has 0 amide bonds. The van der Waals surface area contributed by atoms with Gasteiger partial charge in [0, 0.05) is 17.8 Å². The summed E-state index contributed by atoms with van der Waals surface area (Å²) in [6.45, 7) is -0.0946. The second-order valence-electron chi connectivity index (χ2n) is 3.51. The predicted molar refractivity (Wildman–Crippen MR) is 60.4 cm³/mol. The Kier molecular flexibility index (Phi) is 2.68. The van der Waals surface area contributed by atoms with Crippen molar-refractivity contribution in [1.82, 2.24) is 10.2 Å². The zero-order chi connectivity index (χ0) is 11.5. The second-order valence-corrected chi connectivity index (χ2v) is 3.51. The molecule has 1 N–H and O–H groups in total. The van der Waals surface area contributed by atoms with Crippen LogP contribution >= 0.6 is 0 Å². The van der Waals surface area contributed by atoms with Gasteiger partial charge in [0.15, 0.2) is 5.82 Å². The average Bonchev–Trinajstić information content (AvgIpc) is 2.27. The molecule has 0 bridgehead atoms. The third kappa shape index (κ3) is 1.93. The van der Waals surface area contributed by atoms with Crippen molar-refractivity contribution in [1.29, 1.82) is 0 Å². The second kappa shape index (κ2) is 4.14. The van der Waals surface area contributed by atoms with Crippen LogP contribution in [-0.4, -0.2) is 34.9 Å². The molecule has 0 aliphatic heterocycles. The van der Waals surface area contributed by atoms with E-state index in [0.717, 1.165) is 10.8 Å². The minimum absolute atomic E-state index is 0.0946. The number of aromatic nitrogens is 2. The van der Waals surface area contributed by atoms with Gasteiger partial charge in [-0.25, -0.2) is 0 Å². The predicted octanol–water partition coefficient (Wildman–Crippen LogP) is 1.15. The van der Waals surface area contributed by atoms with E-state index in [1.165, 1.54) is 0 Å². The van der Waals surface area contributed by atoms with Crippen molar-refractivity contribution in [3.8, 4) is 0 Å². The van der Waals surface area contributed by atoms with E-state index in [1.807, 2.05) is 24.3 Å². The Morgan fingerprint density at radius 3 is 2.94 bits per heavy atom. The highest BCUT2D eigenvalue weighted by Gasteiger charge is 2.10. The monoisotopic (exact) mass is 217 g/mol. The minimum atomic E-state index is -0.891. The van der Waals surface area contributed by atoms with Crippen LogP contribution in [0, 0.1) is 0 Å². The smallest absolute Gasteiger partial charge is 0.323 e. The molecular formula is C11H11N3O2. The molecule has 0 radical (unpaired) electrons. The van der Waals surface area contributed by atoms with Crippen molar-refractivity contribution >= 4 is 22.6 Å². The first kappa shape index (κ1) is 10.4. The van der Waals surface area contributed by atoms with Crippen molar-refractivity contribution in [2.24, 2.45) is 0 Å². The summed E-state index contributed by atoms with van der Waals surface area (Å²) in [4.78, 5) is 12.2. The Morgan fingerprint density at radius 2 is 2.19 bits per heavy atom. The summed E-state index contributed by atoms with van der Waals surface area (Å²) in [5, 5.41) is 18.4. The number of fused-ring (bicyclic) bond motifs is 1. The Bertz CT molecular complexity index is 522. The van der Waals surface area contributed by atoms with Crippen LogP contribution in [0.3, 0.4) is 0 Å². The first-order chi connectivity index (χ1) is 7.68.